The molecule has 0 aliphatic carbocycles. The Balaban J connectivity index is 2.79. The largest absolute Gasteiger partial charge is 0.508 e. The number of carbonyl (C=O) groups excluding carboxylic acids is 3. The number of aliphatic hydroxyl groups excluding tert-OH is 2. The molecule has 0 heterocycles. The Morgan fingerprint density at radius 1 is 0.969 bits per heavy atom. The summed E-state index contributed by atoms with van der Waals surface area (Å²) < 4.78 is 0. The molecule has 0 spiro atoms. The van der Waals surface area contributed by atoms with Gasteiger partial charge in [-0.05, 0) is 24.6 Å². The predicted octanol–water partition coefficient (Wildman–Crippen LogP) is -2.90. The Bertz CT molecular complexity index is 805. The van der Waals surface area contributed by atoms with Gasteiger partial charge < -0.3 is 42.1 Å². The fourth-order valence-electron chi connectivity index (χ4n) is 2.49. The minimum atomic E-state index is -1.46. The van der Waals surface area contributed by atoms with Crippen LogP contribution in [-0.2, 0) is 25.6 Å². The summed E-state index contributed by atoms with van der Waals surface area (Å²) >= 11 is 3.99. The Morgan fingerprint density at radius 3 is 1.94 bits per heavy atom. The predicted molar refractivity (Wildman–Crippen MR) is 116 cm³/mol. The number of amides is 3. The molecule has 178 valence electrons. The van der Waals surface area contributed by atoms with Gasteiger partial charge in [0.1, 0.15) is 29.9 Å². The van der Waals surface area contributed by atoms with E-state index in [0.29, 0.717) is 5.56 Å². The van der Waals surface area contributed by atoms with Crippen molar-refractivity contribution >= 4 is 36.3 Å². The lowest BCUT2D eigenvalue weighted by Crippen LogP contribution is -2.59. The van der Waals surface area contributed by atoms with Crippen LogP contribution in [0.1, 0.15) is 12.5 Å². The highest BCUT2D eigenvalue weighted by atomic mass is 32.1. The van der Waals surface area contributed by atoms with Crippen molar-refractivity contribution in [1.82, 2.24) is 16.0 Å². The van der Waals surface area contributed by atoms with Crippen molar-refractivity contribution < 1.29 is 39.6 Å². The number of carboxylic acids is 1. The Kier molecular flexibility index (Phi) is 10.9. The van der Waals surface area contributed by atoms with Crippen molar-refractivity contribution in [1.29, 1.82) is 0 Å². The lowest BCUT2D eigenvalue weighted by Gasteiger charge is -2.24. The molecule has 3 amide bonds. The second-order valence-corrected chi connectivity index (χ2v) is 7.39. The normalized spacial score (nSPS) is 15.5. The molecule has 5 atom stereocenters. The first-order valence-electron chi connectivity index (χ1n) is 9.57. The van der Waals surface area contributed by atoms with Gasteiger partial charge in [-0.1, -0.05) is 12.1 Å². The summed E-state index contributed by atoms with van der Waals surface area (Å²) in [6.45, 7) is 0.459. The number of hydrogen-bond donors (Lipinski definition) is 9. The van der Waals surface area contributed by atoms with E-state index in [1.807, 2.05) is 0 Å². The van der Waals surface area contributed by atoms with Gasteiger partial charge in [-0.15, -0.1) is 0 Å². The van der Waals surface area contributed by atoms with E-state index in [1.165, 1.54) is 31.2 Å². The molecule has 32 heavy (non-hydrogen) atoms. The van der Waals surface area contributed by atoms with Crippen LogP contribution in [0.5, 0.6) is 5.75 Å². The number of rotatable bonds is 12. The van der Waals surface area contributed by atoms with Gasteiger partial charge in [0.2, 0.25) is 17.7 Å². The number of nitrogens with one attached hydrogen (secondary N) is 3. The highest BCUT2D eigenvalue weighted by Gasteiger charge is 2.30. The molecule has 0 bridgehead atoms. The van der Waals surface area contributed by atoms with E-state index < -0.39 is 60.6 Å². The van der Waals surface area contributed by atoms with Crippen LogP contribution in [-0.4, -0.2) is 86.7 Å². The number of hydrogen-bond acceptors (Lipinski definition) is 9. The van der Waals surface area contributed by atoms with Crippen molar-refractivity contribution in [2.75, 3.05) is 12.4 Å². The molecule has 0 aliphatic heterocycles. The van der Waals surface area contributed by atoms with E-state index in [2.05, 4.69) is 28.6 Å². The molecule has 9 N–H and O–H groups in total. The van der Waals surface area contributed by atoms with Gasteiger partial charge in [-0.25, -0.2) is 4.79 Å². The molecular formula is C19H28N4O8S. The summed E-state index contributed by atoms with van der Waals surface area (Å²) in [5, 5.41) is 44.2. The average Bonchev–Trinajstić information content (AvgIpc) is 2.75. The maximum Gasteiger partial charge on any atom is 0.326 e. The van der Waals surface area contributed by atoms with Crippen LogP contribution in [0.2, 0.25) is 0 Å². The lowest BCUT2D eigenvalue weighted by atomic mass is 10.1. The number of carbonyl (C=O) groups is 4. The molecule has 0 aliphatic rings. The minimum absolute atomic E-state index is 0.00226. The van der Waals surface area contributed by atoms with Gasteiger partial charge in [0, 0.05) is 12.2 Å². The number of nitrogens with two attached hydrogens (primary N) is 1. The highest BCUT2D eigenvalue weighted by molar-refractivity contribution is 7.80. The zero-order chi connectivity index (χ0) is 24.4. The third kappa shape index (κ3) is 8.34. The molecule has 0 radical (unpaired) electrons. The summed E-state index contributed by atoms with van der Waals surface area (Å²) in [4.78, 5) is 48.3. The van der Waals surface area contributed by atoms with Crippen molar-refractivity contribution in [2.45, 2.75) is 43.6 Å². The fourth-order valence-corrected chi connectivity index (χ4v) is 2.74. The van der Waals surface area contributed by atoms with Gasteiger partial charge >= 0.3 is 5.97 Å². The summed E-state index contributed by atoms with van der Waals surface area (Å²) in [6.07, 6.45) is -1.28. The minimum Gasteiger partial charge on any atom is -0.508 e. The SMILES string of the molecule is CC(O)C(N)C(=O)NC(CO)C(=O)NC(CS)C(=O)NC(Cc1ccc(O)cc1)C(=O)O. The van der Waals surface area contributed by atoms with Crippen LogP contribution >= 0.6 is 12.6 Å². The van der Waals surface area contributed by atoms with Crippen LogP contribution in [0.3, 0.4) is 0 Å². The number of aliphatic hydroxyl groups is 2. The topological polar surface area (TPSA) is 211 Å². The third-order valence-electron chi connectivity index (χ3n) is 4.44. The molecule has 5 unspecified atom stereocenters. The summed E-state index contributed by atoms with van der Waals surface area (Å²) in [5.41, 5.74) is 6.01. The summed E-state index contributed by atoms with van der Waals surface area (Å²) in [5.74, 6) is -4.18. The number of phenols is 1. The van der Waals surface area contributed by atoms with E-state index in [9.17, 15) is 39.6 Å². The van der Waals surface area contributed by atoms with Gasteiger partial charge in [-0.3, -0.25) is 14.4 Å². The lowest BCUT2D eigenvalue weighted by molar-refractivity contribution is -0.142. The average molecular weight is 473 g/mol. The van der Waals surface area contributed by atoms with Crippen molar-refractivity contribution in [3.63, 3.8) is 0 Å². The summed E-state index contributed by atoms with van der Waals surface area (Å²) in [6, 6.07) is 0.349. The number of phenolic OH excluding ortho intramolecular Hbond substituents is 1. The number of benzene rings is 1. The van der Waals surface area contributed by atoms with Crippen LogP contribution in [0.25, 0.3) is 0 Å². The molecule has 13 heteroatoms. The number of aliphatic carboxylic acids is 1. The second-order valence-electron chi connectivity index (χ2n) is 7.02. The highest BCUT2D eigenvalue weighted by Crippen LogP contribution is 2.11. The van der Waals surface area contributed by atoms with E-state index >= 15 is 0 Å². The quantitative estimate of drug-likeness (QED) is 0.143. The van der Waals surface area contributed by atoms with E-state index in [1.54, 1.807) is 0 Å². The molecule has 1 rings (SSSR count). The van der Waals surface area contributed by atoms with Crippen molar-refractivity contribution in [2.24, 2.45) is 5.73 Å². The fraction of sp³-hybridized carbons (Fsp3) is 0.474. The smallest absolute Gasteiger partial charge is 0.326 e. The van der Waals surface area contributed by atoms with E-state index in [4.69, 9.17) is 5.73 Å². The number of carboxylic acid groups (broad SMARTS) is 1. The maximum atomic E-state index is 12.5. The van der Waals surface area contributed by atoms with E-state index in [-0.39, 0.29) is 17.9 Å². The van der Waals surface area contributed by atoms with Crippen LogP contribution in [0.4, 0.5) is 0 Å². The monoisotopic (exact) mass is 472 g/mol. The van der Waals surface area contributed by atoms with Crippen LogP contribution < -0.4 is 21.7 Å². The second kappa shape index (κ2) is 12.9. The molecule has 0 saturated carbocycles. The van der Waals surface area contributed by atoms with Crippen LogP contribution in [0, 0.1) is 0 Å². The van der Waals surface area contributed by atoms with Gasteiger partial charge in [0.15, 0.2) is 0 Å². The first-order chi connectivity index (χ1) is 15.0. The van der Waals surface area contributed by atoms with E-state index in [0.717, 1.165) is 0 Å². The Labute approximate surface area is 189 Å². The standard InChI is InChI=1S/C19H28N4O8S/c1-9(25)15(20)18(29)22-13(7-24)16(27)23-14(8-32)17(28)21-12(19(30)31)6-10-2-4-11(26)5-3-10/h2-5,9,12-15,24-26,32H,6-8,20H2,1H3,(H,21,28)(H,22,29)(H,23,27)(H,30,31). The van der Waals surface area contributed by atoms with Gasteiger partial charge in [-0.2, -0.15) is 12.6 Å². The molecule has 1 aromatic rings. The number of thiol groups is 1. The van der Waals surface area contributed by atoms with Crippen LogP contribution in [0.15, 0.2) is 24.3 Å². The maximum absolute atomic E-state index is 12.5. The van der Waals surface area contributed by atoms with Crippen molar-refractivity contribution in [3.8, 4) is 5.75 Å². The Morgan fingerprint density at radius 2 is 1.47 bits per heavy atom. The zero-order valence-electron chi connectivity index (χ0n) is 17.3. The first kappa shape index (κ1) is 27.2. The zero-order valence-corrected chi connectivity index (χ0v) is 18.2. The van der Waals surface area contributed by atoms with Gasteiger partial charge in [0.05, 0.1) is 12.7 Å². The van der Waals surface area contributed by atoms with Gasteiger partial charge in [0.25, 0.3) is 0 Å². The summed E-state index contributed by atoms with van der Waals surface area (Å²) in [7, 11) is 0. The third-order valence-corrected chi connectivity index (χ3v) is 4.81. The van der Waals surface area contributed by atoms with Crippen molar-refractivity contribution in [3.05, 3.63) is 29.8 Å². The number of aromatic hydroxyl groups is 1. The molecule has 0 aromatic heterocycles. The molecule has 1 aromatic carbocycles. The molecule has 0 saturated heterocycles. The molecular weight excluding hydrogens is 444 g/mol. The molecule has 0 fully saturated rings. The first-order valence-corrected chi connectivity index (χ1v) is 10.2. The molecule has 12 nitrogen and oxygen atoms in total. The Hall–Kier alpha value is -2.87.